The van der Waals surface area contributed by atoms with Gasteiger partial charge in [-0.2, -0.15) is 0 Å². The van der Waals surface area contributed by atoms with Crippen LogP contribution in [0.2, 0.25) is 0 Å². The van der Waals surface area contributed by atoms with Gasteiger partial charge in [0.2, 0.25) is 0 Å². The third kappa shape index (κ3) is 2.52. The summed E-state index contributed by atoms with van der Waals surface area (Å²) in [6.07, 6.45) is 4.72. The predicted octanol–water partition coefficient (Wildman–Crippen LogP) is 2.68. The molecule has 0 saturated heterocycles. The lowest BCUT2D eigenvalue weighted by Crippen LogP contribution is -2.31. The monoisotopic (exact) mass is 272 g/mol. The average molecular weight is 272 g/mol. The second-order valence-corrected chi connectivity index (χ2v) is 6.12. The number of hydrogen-bond acceptors (Lipinski definition) is 3. The number of nitrogens with one attached hydrogen (secondary N) is 1. The van der Waals surface area contributed by atoms with Crippen LogP contribution >= 0.6 is 0 Å². The molecule has 3 rings (SSSR count). The van der Waals surface area contributed by atoms with Crippen LogP contribution in [0.4, 0.5) is 5.82 Å². The van der Waals surface area contributed by atoms with Crippen LogP contribution in [0.15, 0.2) is 24.4 Å². The van der Waals surface area contributed by atoms with Gasteiger partial charge in [-0.1, -0.05) is 19.9 Å². The van der Waals surface area contributed by atoms with Gasteiger partial charge in [-0.25, -0.2) is 4.98 Å². The lowest BCUT2D eigenvalue weighted by molar-refractivity contribution is 0.600. The Morgan fingerprint density at radius 3 is 2.85 bits per heavy atom. The van der Waals surface area contributed by atoms with Gasteiger partial charge < -0.3 is 14.6 Å². The Morgan fingerprint density at radius 1 is 1.40 bits per heavy atom. The standard InChI is InChI=1S/C16H24N4/c1-12(2)11-20(13-7-8-13)16-14(10-17-3)19-9-5-4-6-15(19)18-16/h4-6,9,12-13,17H,7-8,10-11H2,1-3H3. The van der Waals surface area contributed by atoms with Gasteiger partial charge in [0, 0.05) is 25.3 Å². The van der Waals surface area contributed by atoms with Crippen molar-refractivity contribution >= 4 is 11.5 Å². The van der Waals surface area contributed by atoms with Gasteiger partial charge in [-0.15, -0.1) is 0 Å². The Balaban J connectivity index is 2.05. The highest BCUT2D eigenvalue weighted by molar-refractivity contribution is 5.57. The molecule has 2 heterocycles. The van der Waals surface area contributed by atoms with Crippen molar-refractivity contribution in [2.75, 3.05) is 18.5 Å². The summed E-state index contributed by atoms with van der Waals surface area (Å²) in [5, 5.41) is 3.28. The molecule has 4 nitrogen and oxygen atoms in total. The van der Waals surface area contributed by atoms with E-state index in [1.165, 1.54) is 24.4 Å². The van der Waals surface area contributed by atoms with Crippen LogP contribution in [0.3, 0.4) is 0 Å². The van der Waals surface area contributed by atoms with Gasteiger partial charge in [0.15, 0.2) is 5.82 Å². The third-order valence-electron chi connectivity index (χ3n) is 3.77. The molecule has 0 radical (unpaired) electrons. The Kier molecular flexibility index (Phi) is 3.66. The summed E-state index contributed by atoms with van der Waals surface area (Å²) in [6.45, 7) is 6.50. The van der Waals surface area contributed by atoms with Gasteiger partial charge in [0.25, 0.3) is 0 Å². The van der Waals surface area contributed by atoms with Gasteiger partial charge >= 0.3 is 0 Å². The molecule has 20 heavy (non-hydrogen) atoms. The molecule has 4 heteroatoms. The number of fused-ring (bicyclic) bond motifs is 1. The highest BCUT2D eigenvalue weighted by Gasteiger charge is 2.32. The first-order valence-corrected chi connectivity index (χ1v) is 7.58. The molecule has 0 amide bonds. The van der Waals surface area contributed by atoms with E-state index in [4.69, 9.17) is 4.98 Å². The van der Waals surface area contributed by atoms with Gasteiger partial charge in [0.05, 0.1) is 5.69 Å². The highest BCUT2D eigenvalue weighted by Crippen LogP contribution is 2.34. The van der Waals surface area contributed by atoms with E-state index in [-0.39, 0.29) is 0 Å². The molecule has 1 aliphatic carbocycles. The Hall–Kier alpha value is -1.55. The highest BCUT2D eigenvalue weighted by atomic mass is 15.3. The number of nitrogens with zero attached hydrogens (tertiary/aromatic N) is 3. The number of imidazole rings is 1. The molecular formula is C16H24N4. The van der Waals surface area contributed by atoms with Crippen LogP contribution in [0, 0.1) is 5.92 Å². The molecular weight excluding hydrogens is 248 g/mol. The number of anilines is 1. The molecule has 0 spiro atoms. The molecule has 2 aromatic rings. The van der Waals surface area contributed by atoms with Crippen molar-refractivity contribution in [1.82, 2.24) is 14.7 Å². The van der Waals surface area contributed by atoms with Crippen molar-refractivity contribution in [3.63, 3.8) is 0 Å². The van der Waals surface area contributed by atoms with E-state index in [1.807, 2.05) is 7.05 Å². The molecule has 1 aliphatic rings. The zero-order valence-electron chi connectivity index (χ0n) is 12.6. The maximum Gasteiger partial charge on any atom is 0.152 e. The summed E-state index contributed by atoms with van der Waals surface area (Å²) in [5.41, 5.74) is 2.32. The molecule has 0 unspecified atom stereocenters. The summed E-state index contributed by atoms with van der Waals surface area (Å²) >= 11 is 0. The SMILES string of the molecule is CNCc1c(N(CC(C)C)C2CC2)nc2ccccn12. The molecule has 1 saturated carbocycles. The zero-order valence-corrected chi connectivity index (χ0v) is 12.6. The van der Waals surface area contributed by atoms with E-state index in [2.05, 4.69) is 52.9 Å². The van der Waals surface area contributed by atoms with E-state index in [1.54, 1.807) is 0 Å². The van der Waals surface area contributed by atoms with Crippen LogP contribution < -0.4 is 10.2 Å². The third-order valence-corrected chi connectivity index (χ3v) is 3.77. The number of hydrogen-bond donors (Lipinski definition) is 1. The summed E-state index contributed by atoms with van der Waals surface area (Å²) in [5.74, 6) is 1.82. The maximum atomic E-state index is 4.89. The quantitative estimate of drug-likeness (QED) is 0.877. The fourth-order valence-electron chi connectivity index (χ4n) is 2.78. The van der Waals surface area contributed by atoms with Gasteiger partial charge in [0.1, 0.15) is 5.65 Å². The maximum absolute atomic E-state index is 4.89. The number of rotatable bonds is 6. The predicted molar refractivity (Wildman–Crippen MR) is 83.2 cm³/mol. The Morgan fingerprint density at radius 2 is 2.20 bits per heavy atom. The molecule has 2 aromatic heterocycles. The first kappa shape index (κ1) is 13.4. The van der Waals surface area contributed by atoms with Crippen LogP contribution in [-0.2, 0) is 6.54 Å². The van der Waals surface area contributed by atoms with Crippen LogP contribution in [0.25, 0.3) is 5.65 Å². The number of aromatic nitrogens is 2. The molecule has 0 bridgehead atoms. The average Bonchev–Trinajstić information content (AvgIpc) is 3.20. The fraction of sp³-hybridized carbons (Fsp3) is 0.562. The topological polar surface area (TPSA) is 32.6 Å². The van der Waals surface area contributed by atoms with E-state index in [0.717, 1.165) is 18.7 Å². The normalized spacial score (nSPS) is 15.2. The minimum Gasteiger partial charge on any atom is -0.352 e. The lowest BCUT2D eigenvalue weighted by atomic mass is 10.2. The minimum atomic E-state index is 0.655. The largest absolute Gasteiger partial charge is 0.352 e. The van der Waals surface area contributed by atoms with Crippen molar-refractivity contribution in [2.24, 2.45) is 5.92 Å². The van der Waals surface area contributed by atoms with Gasteiger partial charge in [-0.3, -0.25) is 0 Å². The minimum absolute atomic E-state index is 0.655. The van der Waals surface area contributed by atoms with E-state index < -0.39 is 0 Å². The van der Waals surface area contributed by atoms with E-state index >= 15 is 0 Å². The summed E-state index contributed by atoms with van der Waals surface area (Å²) in [6, 6.07) is 6.90. The summed E-state index contributed by atoms with van der Waals surface area (Å²) < 4.78 is 2.21. The van der Waals surface area contributed by atoms with Crippen LogP contribution in [0.5, 0.6) is 0 Å². The second-order valence-electron chi connectivity index (χ2n) is 6.12. The molecule has 1 N–H and O–H groups in total. The molecule has 108 valence electrons. The smallest absolute Gasteiger partial charge is 0.152 e. The first-order valence-electron chi connectivity index (χ1n) is 7.58. The van der Waals surface area contributed by atoms with Crippen LogP contribution in [-0.4, -0.2) is 29.0 Å². The fourth-order valence-corrected chi connectivity index (χ4v) is 2.78. The first-order chi connectivity index (χ1) is 9.70. The van der Waals surface area contributed by atoms with Crippen molar-refractivity contribution in [2.45, 2.75) is 39.3 Å². The van der Waals surface area contributed by atoms with Crippen molar-refractivity contribution < 1.29 is 0 Å². The molecule has 0 aliphatic heterocycles. The van der Waals surface area contributed by atoms with Crippen molar-refractivity contribution in [1.29, 1.82) is 0 Å². The molecule has 0 atom stereocenters. The van der Waals surface area contributed by atoms with Crippen molar-refractivity contribution in [3.05, 3.63) is 30.1 Å². The summed E-state index contributed by atoms with van der Waals surface area (Å²) in [7, 11) is 2.00. The molecule has 0 aromatic carbocycles. The van der Waals surface area contributed by atoms with Crippen LogP contribution in [0.1, 0.15) is 32.4 Å². The number of pyridine rings is 1. The van der Waals surface area contributed by atoms with Gasteiger partial charge in [-0.05, 0) is 37.9 Å². The zero-order chi connectivity index (χ0) is 14.1. The van der Waals surface area contributed by atoms with E-state index in [9.17, 15) is 0 Å². The lowest BCUT2D eigenvalue weighted by Gasteiger charge is -2.25. The Labute approximate surface area is 120 Å². The summed E-state index contributed by atoms with van der Waals surface area (Å²) in [4.78, 5) is 7.41. The molecule has 1 fully saturated rings. The Bertz CT molecular complexity index is 583. The second kappa shape index (κ2) is 5.44. The van der Waals surface area contributed by atoms with E-state index in [0.29, 0.717) is 12.0 Å². The van der Waals surface area contributed by atoms with Crippen molar-refractivity contribution in [3.8, 4) is 0 Å².